The Morgan fingerprint density at radius 2 is 2.00 bits per heavy atom. The van der Waals surface area contributed by atoms with E-state index in [1.807, 2.05) is 32.0 Å². The van der Waals surface area contributed by atoms with Crippen LogP contribution in [-0.4, -0.2) is 36.9 Å². The van der Waals surface area contributed by atoms with Crippen LogP contribution in [0.2, 0.25) is 0 Å². The molecule has 122 valence electrons. The van der Waals surface area contributed by atoms with E-state index in [0.717, 1.165) is 15.6 Å². The second kappa shape index (κ2) is 6.22. The lowest BCUT2D eigenvalue weighted by Gasteiger charge is -2.37. The van der Waals surface area contributed by atoms with Crippen LogP contribution in [-0.2, 0) is 10.0 Å². The number of benzene rings is 1. The van der Waals surface area contributed by atoms with Crippen molar-refractivity contribution in [3.63, 3.8) is 0 Å². The highest BCUT2D eigenvalue weighted by atomic mass is 79.9. The molecule has 1 fully saturated rings. The third kappa shape index (κ3) is 3.27. The third-order valence-electron chi connectivity index (χ3n) is 3.77. The van der Waals surface area contributed by atoms with Gasteiger partial charge in [-0.2, -0.15) is 4.31 Å². The molecular weight excluding hydrogens is 380 g/mol. The molecule has 0 aliphatic carbocycles. The van der Waals surface area contributed by atoms with Gasteiger partial charge in [-0.15, -0.1) is 0 Å². The van der Waals surface area contributed by atoms with Gasteiger partial charge in [0.25, 0.3) is 0 Å². The lowest BCUT2D eigenvalue weighted by Crippen LogP contribution is -2.56. The Bertz CT molecular complexity index is 833. The Morgan fingerprint density at radius 3 is 2.65 bits per heavy atom. The summed E-state index contributed by atoms with van der Waals surface area (Å²) in [5.41, 5.74) is 1.81. The first kappa shape index (κ1) is 16.4. The summed E-state index contributed by atoms with van der Waals surface area (Å²) in [7, 11) is -3.46. The molecule has 1 aliphatic heterocycles. The number of halogens is 1. The fourth-order valence-corrected chi connectivity index (χ4v) is 4.57. The molecule has 0 saturated carbocycles. The number of ether oxygens (including phenoxy) is 1. The molecule has 0 radical (unpaired) electrons. The minimum atomic E-state index is -3.46. The Hall–Kier alpha value is -1.44. The van der Waals surface area contributed by atoms with E-state index in [4.69, 9.17) is 4.74 Å². The smallest absolute Gasteiger partial charge is 0.243 e. The Kier molecular flexibility index (Phi) is 4.44. The molecular formula is C16H17BrN2O3S. The van der Waals surface area contributed by atoms with E-state index in [9.17, 15) is 8.42 Å². The fourth-order valence-electron chi connectivity index (χ4n) is 2.52. The second-order valence-corrected chi connectivity index (χ2v) is 8.38. The van der Waals surface area contributed by atoms with E-state index < -0.39 is 10.0 Å². The minimum absolute atomic E-state index is 0.179. The molecule has 0 unspecified atom stereocenters. The maximum absolute atomic E-state index is 12.7. The van der Waals surface area contributed by atoms with E-state index in [1.54, 1.807) is 18.3 Å². The maximum atomic E-state index is 12.7. The van der Waals surface area contributed by atoms with Crippen molar-refractivity contribution >= 4 is 26.0 Å². The van der Waals surface area contributed by atoms with E-state index in [1.165, 1.54) is 4.31 Å². The zero-order valence-corrected chi connectivity index (χ0v) is 15.3. The molecule has 0 bridgehead atoms. The molecule has 2 heterocycles. The average Bonchev–Trinajstić information content (AvgIpc) is 2.43. The summed E-state index contributed by atoms with van der Waals surface area (Å²) in [5, 5.41) is 0. The van der Waals surface area contributed by atoms with Crippen LogP contribution in [0.1, 0.15) is 11.1 Å². The lowest BCUT2D eigenvalue weighted by atomic mass is 10.2. The van der Waals surface area contributed by atoms with Crippen LogP contribution < -0.4 is 4.74 Å². The summed E-state index contributed by atoms with van der Waals surface area (Å²) in [4.78, 5) is 4.49. The van der Waals surface area contributed by atoms with Gasteiger partial charge in [-0.05, 0) is 53.5 Å². The number of sulfonamides is 1. The molecule has 1 saturated heterocycles. The van der Waals surface area contributed by atoms with Crippen molar-refractivity contribution in [2.24, 2.45) is 0 Å². The number of nitrogens with zero attached hydrogens (tertiary/aromatic N) is 2. The van der Waals surface area contributed by atoms with Crippen LogP contribution in [0.5, 0.6) is 5.88 Å². The summed E-state index contributed by atoms with van der Waals surface area (Å²) in [6, 6.07) is 9.01. The van der Waals surface area contributed by atoms with Crippen molar-refractivity contribution in [3.05, 3.63) is 52.1 Å². The van der Waals surface area contributed by atoms with Crippen LogP contribution in [0.4, 0.5) is 0 Å². The SMILES string of the molecule is Cc1ccc(S(=O)(=O)N2CC(Oc3ncccc3Br)C2)c(C)c1. The largest absolute Gasteiger partial charge is 0.471 e. The summed E-state index contributed by atoms with van der Waals surface area (Å²) in [6.45, 7) is 4.43. The first-order valence-electron chi connectivity index (χ1n) is 7.22. The molecule has 5 nitrogen and oxygen atoms in total. The molecule has 2 aromatic rings. The summed E-state index contributed by atoms with van der Waals surface area (Å²) >= 11 is 3.37. The van der Waals surface area contributed by atoms with E-state index >= 15 is 0 Å². The first-order chi connectivity index (χ1) is 10.9. The monoisotopic (exact) mass is 396 g/mol. The predicted octanol–water partition coefficient (Wildman–Crippen LogP) is 2.91. The van der Waals surface area contributed by atoms with Gasteiger partial charge in [-0.3, -0.25) is 0 Å². The van der Waals surface area contributed by atoms with Crippen LogP contribution in [0.3, 0.4) is 0 Å². The van der Waals surface area contributed by atoms with Gasteiger partial charge in [0, 0.05) is 6.20 Å². The number of aryl methyl sites for hydroxylation is 2. The average molecular weight is 397 g/mol. The maximum Gasteiger partial charge on any atom is 0.243 e. The molecule has 0 amide bonds. The van der Waals surface area contributed by atoms with Gasteiger partial charge in [0.2, 0.25) is 15.9 Å². The number of rotatable bonds is 4. The second-order valence-electron chi connectivity index (χ2n) is 5.62. The Labute approximate surface area is 144 Å². The van der Waals surface area contributed by atoms with Gasteiger partial charge in [0.1, 0.15) is 6.10 Å². The number of aromatic nitrogens is 1. The molecule has 0 atom stereocenters. The van der Waals surface area contributed by atoms with Gasteiger partial charge in [0.05, 0.1) is 22.5 Å². The lowest BCUT2D eigenvalue weighted by molar-refractivity contribution is 0.0713. The van der Waals surface area contributed by atoms with E-state index in [-0.39, 0.29) is 6.10 Å². The number of hydrogen-bond donors (Lipinski definition) is 0. The van der Waals surface area contributed by atoms with Gasteiger partial charge < -0.3 is 4.74 Å². The molecule has 1 aromatic carbocycles. The van der Waals surface area contributed by atoms with Gasteiger partial charge in [0.15, 0.2) is 0 Å². The zero-order chi connectivity index (χ0) is 16.6. The predicted molar refractivity (Wildman–Crippen MR) is 91.0 cm³/mol. The quantitative estimate of drug-likeness (QED) is 0.796. The fraction of sp³-hybridized carbons (Fsp3) is 0.312. The highest BCUT2D eigenvalue weighted by Crippen LogP contribution is 2.28. The first-order valence-corrected chi connectivity index (χ1v) is 9.46. The van der Waals surface area contributed by atoms with Crippen LogP contribution >= 0.6 is 15.9 Å². The molecule has 3 rings (SSSR count). The van der Waals surface area contributed by atoms with Crippen LogP contribution in [0.15, 0.2) is 45.9 Å². The summed E-state index contributed by atoms with van der Waals surface area (Å²) in [6.07, 6.45) is 1.46. The van der Waals surface area contributed by atoms with Gasteiger partial charge in [-0.1, -0.05) is 17.7 Å². The molecule has 7 heteroatoms. The molecule has 1 aromatic heterocycles. The highest BCUT2D eigenvalue weighted by molar-refractivity contribution is 9.10. The highest BCUT2D eigenvalue weighted by Gasteiger charge is 2.39. The van der Waals surface area contributed by atoms with E-state index in [2.05, 4.69) is 20.9 Å². The van der Waals surface area contributed by atoms with Gasteiger partial charge >= 0.3 is 0 Å². The minimum Gasteiger partial charge on any atom is -0.471 e. The third-order valence-corrected chi connectivity index (χ3v) is 6.36. The molecule has 0 spiro atoms. The van der Waals surface area contributed by atoms with Crippen molar-refractivity contribution in [3.8, 4) is 5.88 Å². The van der Waals surface area contributed by atoms with Crippen molar-refractivity contribution in [2.75, 3.05) is 13.1 Å². The summed E-state index contributed by atoms with van der Waals surface area (Å²) in [5.74, 6) is 0.487. The molecule has 23 heavy (non-hydrogen) atoms. The normalized spacial score (nSPS) is 16.1. The van der Waals surface area contributed by atoms with E-state index in [0.29, 0.717) is 23.9 Å². The van der Waals surface area contributed by atoms with Gasteiger partial charge in [-0.25, -0.2) is 13.4 Å². The Morgan fingerprint density at radius 1 is 1.26 bits per heavy atom. The van der Waals surface area contributed by atoms with Crippen LogP contribution in [0.25, 0.3) is 0 Å². The summed E-state index contributed by atoms with van der Waals surface area (Å²) < 4.78 is 33.2. The molecule has 1 aliphatic rings. The van der Waals surface area contributed by atoms with Crippen molar-refractivity contribution in [2.45, 2.75) is 24.8 Å². The number of pyridine rings is 1. The topological polar surface area (TPSA) is 59.5 Å². The zero-order valence-electron chi connectivity index (χ0n) is 12.9. The van der Waals surface area contributed by atoms with Crippen molar-refractivity contribution in [1.29, 1.82) is 0 Å². The van der Waals surface area contributed by atoms with Crippen molar-refractivity contribution < 1.29 is 13.2 Å². The van der Waals surface area contributed by atoms with Crippen LogP contribution in [0, 0.1) is 13.8 Å². The van der Waals surface area contributed by atoms with Crippen molar-refractivity contribution in [1.82, 2.24) is 9.29 Å². The Balaban J connectivity index is 1.70. The standard InChI is InChI=1S/C16H17BrN2O3S/c1-11-5-6-15(12(2)8-11)23(20,21)19-9-13(10-19)22-16-14(17)4-3-7-18-16/h3-8,13H,9-10H2,1-2H3. The molecule has 0 N–H and O–H groups in total. The number of hydrogen-bond acceptors (Lipinski definition) is 4.